The van der Waals surface area contributed by atoms with E-state index in [1.54, 1.807) is 42.6 Å². The summed E-state index contributed by atoms with van der Waals surface area (Å²) in [6.45, 7) is 0.321. The van der Waals surface area contributed by atoms with Crippen molar-refractivity contribution in [1.82, 2.24) is 4.57 Å². The Hall–Kier alpha value is -2.57. The number of nitrogens with zero attached hydrogens (tertiary/aromatic N) is 1. The molecule has 0 unspecified atom stereocenters. The van der Waals surface area contributed by atoms with Crippen LogP contribution in [0, 0.1) is 0 Å². The van der Waals surface area contributed by atoms with Crippen molar-refractivity contribution in [3.63, 3.8) is 0 Å². The number of hydrogen-bond donors (Lipinski definition) is 2. The van der Waals surface area contributed by atoms with Crippen molar-refractivity contribution in [2.24, 2.45) is 0 Å². The molecule has 1 heterocycles. The van der Waals surface area contributed by atoms with Gasteiger partial charge in [0.15, 0.2) is 0 Å². The van der Waals surface area contributed by atoms with Gasteiger partial charge in [-0.15, -0.1) is 0 Å². The van der Waals surface area contributed by atoms with Crippen LogP contribution in [0.15, 0.2) is 76.1 Å². The fourth-order valence-electron chi connectivity index (χ4n) is 2.42. The molecule has 3 rings (SSSR count). The third kappa shape index (κ3) is 4.53. The van der Waals surface area contributed by atoms with Gasteiger partial charge < -0.3 is 15.2 Å². The number of carbonyl (C=O) groups excluding carboxylic acids is 1. The van der Waals surface area contributed by atoms with Gasteiger partial charge in [0.2, 0.25) is 0 Å². The highest BCUT2D eigenvalue weighted by atomic mass is 79.9. The lowest BCUT2D eigenvalue weighted by Gasteiger charge is -2.11. The smallest absolute Gasteiger partial charge is 0.309 e. The van der Waals surface area contributed by atoms with Crippen molar-refractivity contribution in [3.05, 3.63) is 92.3 Å². The summed E-state index contributed by atoms with van der Waals surface area (Å²) in [5.41, 5.74) is 1.32. The van der Waals surface area contributed by atoms with E-state index in [2.05, 4.69) is 26.6 Å². The molecule has 0 aliphatic heterocycles. The van der Waals surface area contributed by atoms with Crippen molar-refractivity contribution >= 4 is 44.9 Å². The normalized spacial score (nSPS) is 10.4. The molecule has 26 heavy (non-hydrogen) atoms. The van der Waals surface area contributed by atoms with E-state index in [9.17, 15) is 9.59 Å². The highest BCUT2D eigenvalue weighted by Crippen LogP contribution is 2.17. The summed E-state index contributed by atoms with van der Waals surface area (Å²) < 4.78 is 2.34. The van der Waals surface area contributed by atoms with E-state index in [4.69, 9.17) is 11.6 Å². The largest absolute Gasteiger partial charge is 0.323 e. The predicted molar refractivity (Wildman–Crippen MR) is 108 cm³/mol. The van der Waals surface area contributed by atoms with Crippen molar-refractivity contribution in [1.29, 1.82) is 0 Å². The average molecular weight is 433 g/mol. The van der Waals surface area contributed by atoms with Crippen LogP contribution in [0.2, 0.25) is 5.02 Å². The van der Waals surface area contributed by atoms with E-state index >= 15 is 0 Å². The SMILES string of the molecule is O=C(Nc1cccc(Br)c1)Nc1cccn(Cc2ccccc2Cl)c1=O. The van der Waals surface area contributed by atoms with Gasteiger partial charge in [-0.1, -0.05) is 51.8 Å². The van der Waals surface area contributed by atoms with E-state index in [0.717, 1.165) is 10.0 Å². The highest BCUT2D eigenvalue weighted by molar-refractivity contribution is 9.10. The maximum atomic E-state index is 12.6. The Bertz CT molecular complexity index is 1000. The lowest BCUT2D eigenvalue weighted by Crippen LogP contribution is -2.28. The summed E-state index contributed by atoms with van der Waals surface area (Å²) in [7, 11) is 0. The highest BCUT2D eigenvalue weighted by Gasteiger charge is 2.09. The molecule has 0 fully saturated rings. The summed E-state index contributed by atoms with van der Waals surface area (Å²) in [5.74, 6) is 0. The second kappa shape index (κ2) is 8.21. The molecule has 2 amide bonds. The first kappa shape index (κ1) is 18.2. The van der Waals surface area contributed by atoms with Crippen LogP contribution in [0.4, 0.5) is 16.2 Å². The van der Waals surface area contributed by atoms with Crippen LogP contribution in [0.3, 0.4) is 0 Å². The van der Waals surface area contributed by atoms with Gasteiger partial charge in [0.05, 0.1) is 6.54 Å². The van der Waals surface area contributed by atoms with Gasteiger partial charge in [0, 0.05) is 21.4 Å². The van der Waals surface area contributed by atoms with E-state index < -0.39 is 6.03 Å². The van der Waals surface area contributed by atoms with Gasteiger partial charge in [-0.2, -0.15) is 0 Å². The molecule has 2 N–H and O–H groups in total. The molecule has 0 aliphatic carbocycles. The molecule has 3 aromatic rings. The molecule has 7 heteroatoms. The van der Waals surface area contributed by atoms with Crippen molar-refractivity contribution in [2.45, 2.75) is 6.54 Å². The van der Waals surface area contributed by atoms with Crippen LogP contribution >= 0.6 is 27.5 Å². The number of nitrogens with one attached hydrogen (secondary N) is 2. The maximum absolute atomic E-state index is 12.6. The molecule has 0 atom stereocenters. The molecule has 1 aromatic heterocycles. The van der Waals surface area contributed by atoms with Crippen LogP contribution in [-0.2, 0) is 6.54 Å². The standard InChI is InChI=1S/C19H15BrClN3O2/c20-14-6-3-7-15(11-14)22-19(26)23-17-9-4-10-24(18(17)25)12-13-5-1-2-8-16(13)21/h1-11H,12H2,(H2,22,23,26). The zero-order valence-corrected chi connectivity index (χ0v) is 15.9. The van der Waals surface area contributed by atoms with E-state index in [1.807, 2.05) is 24.3 Å². The Kier molecular flexibility index (Phi) is 5.75. The number of benzene rings is 2. The summed E-state index contributed by atoms with van der Waals surface area (Å²) in [6.07, 6.45) is 1.66. The second-order valence-corrected chi connectivity index (χ2v) is 6.86. The molecule has 0 saturated heterocycles. The first-order chi connectivity index (χ1) is 12.5. The molecule has 2 aromatic carbocycles. The van der Waals surface area contributed by atoms with Gasteiger partial charge in [0.1, 0.15) is 5.69 Å². The van der Waals surface area contributed by atoms with E-state index in [-0.39, 0.29) is 11.2 Å². The van der Waals surface area contributed by atoms with Crippen molar-refractivity contribution < 1.29 is 4.79 Å². The third-order valence-corrected chi connectivity index (χ3v) is 4.51. The monoisotopic (exact) mass is 431 g/mol. The zero-order valence-electron chi connectivity index (χ0n) is 13.6. The number of anilines is 2. The molecular weight excluding hydrogens is 418 g/mol. The summed E-state index contributed by atoms with van der Waals surface area (Å²) in [4.78, 5) is 24.8. The molecule has 0 bridgehead atoms. The molecular formula is C19H15BrClN3O2. The van der Waals surface area contributed by atoms with Crippen LogP contribution in [0.25, 0.3) is 0 Å². The molecule has 0 saturated carbocycles. The minimum absolute atomic E-state index is 0.187. The van der Waals surface area contributed by atoms with Gasteiger partial charge in [-0.25, -0.2) is 4.79 Å². The second-order valence-electron chi connectivity index (χ2n) is 5.54. The Morgan fingerprint density at radius 2 is 1.85 bits per heavy atom. The average Bonchev–Trinajstić information content (AvgIpc) is 2.60. The molecule has 5 nitrogen and oxygen atoms in total. The van der Waals surface area contributed by atoms with Gasteiger partial charge in [-0.3, -0.25) is 4.79 Å². The molecule has 0 radical (unpaired) electrons. The zero-order chi connectivity index (χ0) is 18.5. The minimum Gasteiger partial charge on any atom is -0.309 e. The number of carbonyl (C=O) groups is 1. The number of halogens is 2. The summed E-state index contributed by atoms with van der Waals surface area (Å²) >= 11 is 9.50. The lowest BCUT2D eigenvalue weighted by atomic mass is 10.2. The fraction of sp³-hybridized carbons (Fsp3) is 0.0526. The fourth-order valence-corrected chi connectivity index (χ4v) is 3.01. The first-order valence-electron chi connectivity index (χ1n) is 7.79. The minimum atomic E-state index is -0.490. The summed E-state index contributed by atoms with van der Waals surface area (Å²) in [5, 5.41) is 5.86. The lowest BCUT2D eigenvalue weighted by molar-refractivity contribution is 0.262. The van der Waals surface area contributed by atoms with Crippen LogP contribution in [0.1, 0.15) is 5.56 Å². The maximum Gasteiger partial charge on any atom is 0.323 e. The number of hydrogen-bond acceptors (Lipinski definition) is 2. The van der Waals surface area contributed by atoms with Crippen LogP contribution in [0.5, 0.6) is 0 Å². The number of rotatable bonds is 4. The van der Waals surface area contributed by atoms with Gasteiger partial charge in [-0.05, 0) is 42.0 Å². The van der Waals surface area contributed by atoms with Crippen molar-refractivity contribution in [3.8, 4) is 0 Å². The van der Waals surface area contributed by atoms with Crippen LogP contribution in [-0.4, -0.2) is 10.6 Å². The molecule has 132 valence electrons. The Balaban J connectivity index is 1.76. The van der Waals surface area contributed by atoms with E-state index in [1.165, 1.54) is 4.57 Å². The third-order valence-electron chi connectivity index (χ3n) is 3.65. The van der Waals surface area contributed by atoms with E-state index in [0.29, 0.717) is 17.3 Å². The number of urea groups is 1. The number of aromatic nitrogens is 1. The molecule has 0 aliphatic rings. The Morgan fingerprint density at radius 1 is 1.04 bits per heavy atom. The Morgan fingerprint density at radius 3 is 2.62 bits per heavy atom. The van der Waals surface area contributed by atoms with Gasteiger partial charge >= 0.3 is 6.03 Å². The van der Waals surface area contributed by atoms with Crippen LogP contribution < -0.4 is 16.2 Å². The topological polar surface area (TPSA) is 63.1 Å². The number of pyridine rings is 1. The predicted octanol–water partition coefficient (Wildman–Crippen LogP) is 4.96. The summed E-state index contributed by atoms with van der Waals surface area (Å²) in [6, 6.07) is 17.3. The first-order valence-corrected chi connectivity index (χ1v) is 8.96. The Labute approximate surface area is 163 Å². The van der Waals surface area contributed by atoms with Crippen molar-refractivity contribution in [2.75, 3.05) is 10.6 Å². The number of amides is 2. The van der Waals surface area contributed by atoms with Gasteiger partial charge in [0.25, 0.3) is 5.56 Å². The quantitative estimate of drug-likeness (QED) is 0.612. The molecule has 0 spiro atoms.